The van der Waals surface area contributed by atoms with Gasteiger partial charge in [0.1, 0.15) is 5.82 Å². The van der Waals surface area contributed by atoms with Crippen molar-refractivity contribution in [1.29, 1.82) is 0 Å². The topological polar surface area (TPSA) is 63.1 Å². The Morgan fingerprint density at radius 2 is 2.06 bits per heavy atom. The van der Waals surface area contributed by atoms with E-state index in [9.17, 15) is 18.0 Å². The fourth-order valence-electron chi connectivity index (χ4n) is 4.57. The van der Waals surface area contributed by atoms with Crippen molar-refractivity contribution in [2.24, 2.45) is 5.92 Å². The summed E-state index contributed by atoms with van der Waals surface area (Å²) in [6, 6.07) is 2.84. The highest BCUT2D eigenvalue weighted by atomic mass is 19.4. The van der Waals surface area contributed by atoms with E-state index < -0.39 is 12.2 Å². The number of aryl methyl sites for hydroxylation is 1. The van der Waals surface area contributed by atoms with Crippen molar-refractivity contribution in [3.05, 3.63) is 41.3 Å². The van der Waals surface area contributed by atoms with Crippen LogP contribution in [0.15, 0.2) is 24.4 Å². The monoisotopic (exact) mass is 435 g/mol. The number of piperidine rings is 1. The standard InChI is InChI=1S/C22H28F3N5O/c1-13(2)16-11-19(22(23,24)25)30-20(27-16)12-17(28-30)18-8-4-5-10-29(18)21(31)15-7-6-9-26-14(15)3/h6-7,9,12-13,16,18-19,27H,4-5,8,10-11H2,1-3H3/t16-,18-,19+/m0/s1. The molecule has 1 saturated heterocycles. The minimum Gasteiger partial charge on any atom is -0.367 e. The van der Waals surface area contributed by atoms with Crippen LogP contribution in [-0.4, -0.2) is 44.3 Å². The van der Waals surface area contributed by atoms with E-state index in [2.05, 4.69) is 15.4 Å². The van der Waals surface area contributed by atoms with Gasteiger partial charge < -0.3 is 10.2 Å². The van der Waals surface area contributed by atoms with Crippen LogP contribution < -0.4 is 5.32 Å². The molecule has 1 N–H and O–H groups in total. The normalized spacial score (nSPS) is 24.1. The van der Waals surface area contributed by atoms with E-state index in [4.69, 9.17) is 0 Å². The maximum atomic E-state index is 13.8. The molecule has 0 aromatic carbocycles. The third kappa shape index (κ3) is 4.14. The molecule has 0 aliphatic carbocycles. The highest BCUT2D eigenvalue weighted by Crippen LogP contribution is 2.42. The zero-order valence-electron chi connectivity index (χ0n) is 18.0. The molecule has 6 nitrogen and oxygen atoms in total. The van der Waals surface area contributed by atoms with E-state index in [-0.39, 0.29) is 30.3 Å². The maximum absolute atomic E-state index is 13.8. The van der Waals surface area contributed by atoms with Crippen molar-refractivity contribution in [2.45, 2.75) is 70.8 Å². The summed E-state index contributed by atoms with van der Waals surface area (Å²) >= 11 is 0. The summed E-state index contributed by atoms with van der Waals surface area (Å²) in [5.74, 6) is 0.276. The lowest BCUT2D eigenvalue weighted by Crippen LogP contribution is -2.41. The van der Waals surface area contributed by atoms with Gasteiger partial charge in [-0.15, -0.1) is 0 Å². The van der Waals surface area contributed by atoms with Gasteiger partial charge in [-0.1, -0.05) is 13.8 Å². The van der Waals surface area contributed by atoms with Gasteiger partial charge in [-0.2, -0.15) is 18.3 Å². The Morgan fingerprint density at radius 3 is 2.74 bits per heavy atom. The Labute approximate surface area is 179 Å². The van der Waals surface area contributed by atoms with Crippen LogP contribution in [0.3, 0.4) is 0 Å². The molecule has 2 aromatic heterocycles. The number of aromatic nitrogens is 3. The van der Waals surface area contributed by atoms with Crippen LogP contribution in [0.5, 0.6) is 0 Å². The van der Waals surface area contributed by atoms with Gasteiger partial charge >= 0.3 is 6.18 Å². The van der Waals surface area contributed by atoms with E-state index >= 15 is 0 Å². The zero-order valence-corrected chi connectivity index (χ0v) is 18.0. The average molecular weight is 435 g/mol. The number of carbonyl (C=O) groups excluding carboxylic acids is 1. The quantitative estimate of drug-likeness (QED) is 0.745. The van der Waals surface area contributed by atoms with Crippen molar-refractivity contribution in [3.8, 4) is 0 Å². The van der Waals surface area contributed by atoms with E-state index in [1.807, 2.05) is 13.8 Å². The number of hydrogen-bond acceptors (Lipinski definition) is 4. The first-order valence-electron chi connectivity index (χ1n) is 10.8. The maximum Gasteiger partial charge on any atom is 0.410 e. The van der Waals surface area contributed by atoms with Gasteiger partial charge in [0.2, 0.25) is 0 Å². The Bertz CT molecular complexity index is 955. The molecule has 2 aromatic rings. The van der Waals surface area contributed by atoms with Crippen molar-refractivity contribution < 1.29 is 18.0 Å². The smallest absolute Gasteiger partial charge is 0.367 e. The lowest BCUT2D eigenvalue weighted by atomic mass is 9.94. The predicted molar refractivity (Wildman–Crippen MR) is 111 cm³/mol. The molecule has 168 valence electrons. The first kappa shape index (κ1) is 21.6. The Hall–Kier alpha value is -2.58. The average Bonchev–Trinajstić information content (AvgIpc) is 3.16. The summed E-state index contributed by atoms with van der Waals surface area (Å²) in [7, 11) is 0. The Balaban J connectivity index is 1.69. The van der Waals surface area contributed by atoms with Gasteiger partial charge in [0.15, 0.2) is 6.04 Å². The van der Waals surface area contributed by atoms with Crippen molar-refractivity contribution in [1.82, 2.24) is 19.7 Å². The van der Waals surface area contributed by atoms with Gasteiger partial charge in [-0.3, -0.25) is 9.78 Å². The van der Waals surface area contributed by atoms with Crippen LogP contribution in [0.4, 0.5) is 19.0 Å². The summed E-state index contributed by atoms with van der Waals surface area (Å²) in [4.78, 5) is 19.2. The molecule has 1 fully saturated rings. The van der Waals surface area contributed by atoms with Gasteiger partial charge in [0.25, 0.3) is 5.91 Å². The number of anilines is 1. The zero-order chi connectivity index (χ0) is 22.3. The molecule has 2 aliphatic rings. The van der Waals surface area contributed by atoms with Crippen LogP contribution >= 0.6 is 0 Å². The summed E-state index contributed by atoms with van der Waals surface area (Å²) in [5.41, 5.74) is 1.67. The molecule has 9 heteroatoms. The highest BCUT2D eigenvalue weighted by molar-refractivity contribution is 5.95. The van der Waals surface area contributed by atoms with Crippen LogP contribution in [0.1, 0.15) is 73.4 Å². The minimum absolute atomic E-state index is 0.0539. The van der Waals surface area contributed by atoms with Gasteiger partial charge in [-0.25, -0.2) is 4.68 Å². The van der Waals surface area contributed by atoms with Gasteiger partial charge in [-0.05, 0) is 50.7 Å². The van der Waals surface area contributed by atoms with Gasteiger partial charge in [0.05, 0.1) is 17.3 Å². The largest absolute Gasteiger partial charge is 0.410 e. The minimum atomic E-state index is -4.39. The molecule has 4 heterocycles. The Morgan fingerprint density at radius 1 is 1.29 bits per heavy atom. The molecule has 2 aliphatic heterocycles. The molecule has 31 heavy (non-hydrogen) atoms. The number of halogens is 3. The van der Waals surface area contributed by atoms with E-state index in [0.29, 0.717) is 35.7 Å². The van der Waals surface area contributed by atoms with Crippen molar-refractivity contribution >= 4 is 11.7 Å². The molecule has 0 bridgehead atoms. The fraction of sp³-hybridized carbons (Fsp3) is 0.591. The number of nitrogens with one attached hydrogen (secondary N) is 1. The molecule has 3 atom stereocenters. The third-order valence-corrected chi connectivity index (χ3v) is 6.39. The first-order chi connectivity index (χ1) is 14.7. The lowest BCUT2D eigenvalue weighted by Gasteiger charge is -2.35. The Kier molecular flexibility index (Phi) is 5.70. The number of fused-ring (bicyclic) bond motifs is 1. The highest BCUT2D eigenvalue weighted by Gasteiger charge is 2.47. The van der Waals surface area contributed by atoms with Crippen LogP contribution in [0.2, 0.25) is 0 Å². The van der Waals surface area contributed by atoms with E-state index in [0.717, 1.165) is 17.5 Å². The van der Waals surface area contributed by atoms with Crippen molar-refractivity contribution in [2.75, 3.05) is 11.9 Å². The third-order valence-electron chi connectivity index (χ3n) is 6.39. The molecule has 0 spiro atoms. The van der Waals surface area contributed by atoms with Gasteiger partial charge in [0, 0.05) is 30.5 Å². The van der Waals surface area contributed by atoms with Crippen LogP contribution in [0.25, 0.3) is 0 Å². The predicted octanol–water partition coefficient (Wildman–Crippen LogP) is 4.90. The molecule has 4 rings (SSSR count). The summed E-state index contributed by atoms with van der Waals surface area (Å²) in [5, 5.41) is 7.62. The summed E-state index contributed by atoms with van der Waals surface area (Å²) in [6.07, 6.45) is -0.385. The number of amides is 1. The number of pyridine rings is 1. The molecule has 0 saturated carbocycles. The first-order valence-corrected chi connectivity index (χ1v) is 10.8. The second-order valence-corrected chi connectivity index (χ2v) is 8.83. The fourth-order valence-corrected chi connectivity index (χ4v) is 4.57. The molecule has 1 amide bonds. The molecule has 0 unspecified atom stereocenters. The summed E-state index contributed by atoms with van der Waals surface area (Å²) < 4.78 is 42.5. The van der Waals surface area contributed by atoms with Crippen molar-refractivity contribution in [3.63, 3.8) is 0 Å². The van der Waals surface area contributed by atoms with E-state index in [1.165, 1.54) is 0 Å². The molecular formula is C22H28F3N5O. The number of nitrogens with zero attached hydrogens (tertiary/aromatic N) is 4. The second kappa shape index (κ2) is 8.16. The number of likely N-dealkylation sites (tertiary alicyclic amines) is 1. The number of rotatable bonds is 3. The number of alkyl halides is 3. The van der Waals surface area contributed by atoms with Crippen LogP contribution in [0, 0.1) is 12.8 Å². The number of hydrogen-bond donors (Lipinski definition) is 1. The molecule has 0 radical (unpaired) electrons. The molecular weight excluding hydrogens is 407 g/mol. The SMILES string of the molecule is Cc1ncccc1C(=O)N1CCCC[C@H]1c1cc2n(n1)[C@@H](C(F)(F)F)C[C@@H](C(C)C)N2. The van der Waals surface area contributed by atoms with Crippen LogP contribution in [-0.2, 0) is 0 Å². The van der Waals surface area contributed by atoms with E-state index in [1.54, 1.807) is 36.2 Å². The number of carbonyl (C=O) groups is 1. The second-order valence-electron chi connectivity index (χ2n) is 8.83. The summed E-state index contributed by atoms with van der Waals surface area (Å²) in [6.45, 7) is 6.15. The lowest BCUT2D eigenvalue weighted by molar-refractivity contribution is -0.174.